The molecule has 2 aromatic rings. The molecule has 1 aromatic carbocycles. The zero-order valence-electron chi connectivity index (χ0n) is 11.2. The fraction of sp³-hybridized carbons (Fsp3) is 0.214. The quantitative estimate of drug-likeness (QED) is 0.941. The summed E-state index contributed by atoms with van der Waals surface area (Å²) < 4.78 is 35.7. The normalized spacial score (nSPS) is 11.3. The molecule has 4 nitrogen and oxygen atoms in total. The van der Waals surface area contributed by atoms with Crippen LogP contribution in [0.3, 0.4) is 0 Å². The first-order valence-electron chi connectivity index (χ1n) is 6.01. The van der Waals surface area contributed by atoms with Crippen LogP contribution in [0.5, 0.6) is 0 Å². The van der Waals surface area contributed by atoms with Crippen LogP contribution in [0, 0.1) is 12.7 Å². The summed E-state index contributed by atoms with van der Waals surface area (Å²) in [6.07, 6.45) is 2.58. The smallest absolute Gasteiger partial charge is 0.192 e. The predicted molar refractivity (Wildman–Crippen MR) is 75.8 cm³/mol. The molecule has 0 radical (unpaired) electrons. The fourth-order valence-corrected chi connectivity index (χ4v) is 2.28. The Morgan fingerprint density at radius 2 is 2.00 bits per heavy atom. The van der Waals surface area contributed by atoms with Crippen LogP contribution in [0.25, 0.3) is 0 Å². The van der Waals surface area contributed by atoms with E-state index in [1.54, 1.807) is 25.1 Å². The monoisotopic (exact) mass is 294 g/mol. The highest BCUT2D eigenvalue weighted by Gasteiger charge is 2.07. The van der Waals surface area contributed by atoms with Crippen LogP contribution >= 0.6 is 0 Å². The van der Waals surface area contributed by atoms with Gasteiger partial charge in [-0.3, -0.25) is 0 Å². The number of nitrogens with one attached hydrogen (secondary N) is 1. The summed E-state index contributed by atoms with van der Waals surface area (Å²) in [6, 6.07) is 8.00. The van der Waals surface area contributed by atoms with Crippen molar-refractivity contribution in [2.45, 2.75) is 18.5 Å². The third-order valence-electron chi connectivity index (χ3n) is 2.84. The lowest BCUT2D eigenvalue weighted by molar-refractivity contribution is 0.598. The van der Waals surface area contributed by atoms with E-state index in [2.05, 4.69) is 10.3 Å². The molecule has 0 aliphatic heterocycles. The Bertz CT molecular complexity index is 712. The van der Waals surface area contributed by atoms with Crippen LogP contribution in [0.15, 0.2) is 41.6 Å². The number of halogens is 1. The highest BCUT2D eigenvalue weighted by Crippen LogP contribution is 2.13. The zero-order chi connectivity index (χ0) is 14.8. The van der Waals surface area contributed by atoms with Crippen LogP contribution in [0.1, 0.15) is 11.1 Å². The molecule has 0 saturated carbocycles. The molecule has 1 N–H and O–H groups in total. The van der Waals surface area contributed by atoms with Crippen molar-refractivity contribution >= 4 is 15.5 Å². The van der Waals surface area contributed by atoms with Crippen LogP contribution in [0.4, 0.5) is 10.1 Å². The van der Waals surface area contributed by atoms with Crippen molar-refractivity contribution in [1.29, 1.82) is 0 Å². The average Bonchev–Trinajstić information content (AvgIpc) is 2.40. The lowest BCUT2D eigenvalue weighted by atomic mass is 10.1. The number of aryl methyl sites for hydroxylation is 1. The standard InChI is InChI=1S/C14H15FN2O2S/c1-10-7-11(3-5-13(10)15)8-16-12-4-6-14(17-9-12)20(2,18)19/h3-7,9,16H,8H2,1-2H3. The molecule has 0 aliphatic rings. The molecule has 2 rings (SSSR count). The van der Waals surface area contributed by atoms with Crippen molar-refractivity contribution in [3.05, 3.63) is 53.5 Å². The molecule has 1 heterocycles. The number of anilines is 1. The fourth-order valence-electron chi connectivity index (χ4n) is 1.73. The summed E-state index contributed by atoms with van der Waals surface area (Å²) in [5.41, 5.74) is 2.24. The minimum Gasteiger partial charge on any atom is -0.380 e. The number of nitrogens with zero attached hydrogens (tertiary/aromatic N) is 1. The number of aromatic nitrogens is 1. The minimum atomic E-state index is -3.28. The molecule has 0 spiro atoms. The summed E-state index contributed by atoms with van der Waals surface area (Å²) in [5.74, 6) is -0.229. The first kappa shape index (κ1) is 14.5. The summed E-state index contributed by atoms with van der Waals surface area (Å²) in [6.45, 7) is 2.22. The zero-order valence-corrected chi connectivity index (χ0v) is 12.0. The summed E-state index contributed by atoms with van der Waals surface area (Å²) in [7, 11) is -3.28. The van der Waals surface area contributed by atoms with Crippen molar-refractivity contribution in [2.75, 3.05) is 11.6 Å². The third kappa shape index (κ3) is 3.54. The first-order chi connectivity index (χ1) is 9.36. The minimum absolute atomic E-state index is 0.0423. The maximum Gasteiger partial charge on any atom is 0.192 e. The second kappa shape index (κ2) is 5.58. The Morgan fingerprint density at radius 3 is 2.55 bits per heavy atom. The SMILES string of the molecule is Cc1cc(CNc2ccc(S(C)(=O)=O)nc2)ccc1F. The molecule has 6 heteroatoms. The van der Waals surface area contributed by atoms with Gasteiger partial charge in [0.25, 0.3) is 0 Å². The second-order valence-corrected chi connectivity index (χ2v) is 6.56. The third-order valence-corrected chi connectivity index (χ3v) is 3.84. The van der Waals surface area contributed by atoms with Crippen molar-refractivity contribution in [1.82, 2.24) is 4.98 Å². The van der Waals surface area contributed by atoms with Crippen LogP contribution in [0.2, 0.25) is 0 Å². The van der Waals surface area contributed by atoms with Gasteiger partial charge in [0.05, 0.1) is 11.9 Å². The van der Waals surface area contributed by atoms with Crippen molar-refractivity contribution < 1.29 is 12.8 Å². The van der Waals surface area contributed by atoms with Gasteiger partial charge in [-0.1, -0.05) is 12.1 Å². The second-order valence-electron chi connectivity index (χ2n) is 4.59. The van der Waals surface area contributed by atoms with Crippen LogP contribution in [-0.2, 0) is 16.4 Å². The van der Waals surface area contributed by atoms with Gasteiger partial charge in [0.15, 0.2) is 14.9 Å². The molecule has 0 amide bonds. The molecule has 0 fully saturated rings. The Balaban J connectivity index is 2.06. The Kier molecular flexibility index (Phi) is 4.04. The van der Waals surface area contributed by atoms with E-state index in [-0.39, 0.29) is 10.8 Å². The van der Waals surface area contributed by atoms with E-state index in [1.165, 1.54) is 18.3 Å². The van der Waals surface area contributed by atoms with Crippen LogP contribution in [-0.4, -0.2) is 19.7 Å². The molecule has 0 aliphatic carbocycles. The highest BCUT2D eigenvalue weighted by molar-refractivity contribution is 7.90. The summed E-state index contributed by atoms with van der Waals surface area (Å²) in [4.78, 5) is 3.88. The van der Waals surface area contributed by atoms with Gasteiger partial charge in [-0.2, -0.15) is 0 Å². The lowest BCUT2D eigenvalue weighted by Crippen LogP contribution is -2.03. The van der Waals surface area contributed by atoms with E-state index in [4.69, 9.17) is 0 Å². The lowest BCUT2D eigenvalue weighted by Gasteiger charge is -2.08. The Labute approximate surface area is 117 Å². The Hall–Kier alpha value is -1.95. The van der Waals surface area contributed by atoms with E-state index < -0.39 is 9.84 Å². The molecule has 20 heavy (non-hydrogen) atoms. The molecule has 0 unspecified atom stereocenters. The van der Waals surface area contributed by atoms with Crippen LogP contribution < -0.4 is 5.32 Å². The van der Waals surface area contributed by atoms with Crippen molar-refractivity contribution in [2.24, 2.45) is 0 Å². The van der Waals surface area contributed by atoms with Crippen molar-refractivity contribution in [3.8, 4) is 0 Å². The van der Waals surface area contributed by atoms with Gasteiger partial charge in [-0.15, -0.1) is 0 Å². The van der Waals surface area contributed by atoms with E-state index in [9.17, 15) is 12.8 Å². The van der Waals surface area contributed by atoms with E-state index in [1.807, 2.05) is 0 Å². The predicted octanol–water partition coefficient (Wildman–Crippen LogP) is 2.54. The van der Waals surface area contributed by atoms with E-state index >= 15 is 0 Å². The van der Waals surface area contributed by atoms with Gasteiger partial charge in [-0.05, 0) is 36.2 Å². The number of benzene rings is 1. The molecule has 0 atom stereocenters. The highest BCUT2D eigenvalue weighted by atomic mass is 32.2. The molecular formula is C14H15FN2O2S. The molecule has 0 bridgehead atoms. The maximum absolute atomic E-state index is 13.1. The Morgan fingerprint density at radius 1 is 1.25 bits per heavy atom. The maximum atomic E-state index is 13.1. The van der Waals surface area contributed by atoms with Gasteiger partial charge < -0.3 is 5.32 Å². The topological polar surface area (TPSA) is 59.1 Å². The number of hydrogen-bond donors (Lipinski definition) is 1. The van der Waals surface area contributed by atoms with Gasteiger partial charge in [0.2, 0.25) is 0 Å². The van der Waals surface area contributed by atoms with E-state index in [0.29, 0.717) is 17.8 Å². The first-order valence-corrected chi connectivity index (χ1v) is 7.90. The van der Waals surface area contributed by atoms with Gasteiger partial charge in [0.1, 0.15) is 5.82 Å². The molecule has 106 valence electrons. The van der Waals surface area contributed by atoms with E-state index in [0.717, 1.165) is 11.8 Å². The van der Waals surface area contributed by atoms with Crippen molar-refractivity contribution in [3.63, 3.8) is 0 Å². The molecule has 1 aromatic heterocycles. The number of rotatable bonds is 4. The van der Waals surface area contributed by atoms with Gasteiger partial charge in [-0.25, -0.2) is 17.8 Å². The molecule has 0 saturated heterocycles. The number of pyridine rings is 1. The largest absolute Gasteiger partial charge is 0.380 e. The van der Waals surface area contributed by atoms with Gasteiger partial charge >= 0.3 is 0 Å². The average molecular weight is 294 g/mol. The summed E-state index contributed by atoms with van der Waals surface area (Å²) >= 11 is 0. The summed E-state index contributed by atoms with van der Waals surface area (Å²) in [5, 5.41) is 3.15. The molecular weight excluding hydrogens is 279 g/mol. The van der Waals surface area contributed by atoms with Gasteiger partial charge in [0, 0.05) is 12.8 Å². The number of hydrogen-bond acceptors (Lipinski definition) is 4. The number of sulfone groups is 1.